The number of aryl methyl sites for hydroxylation is 1. The molecule has 0 bridgehead atoms. The lowest BCUT2D eigenvalue weighted by molar-refractivity contribution is -0.118. The Labute approximate surface area is 129 Å². The molecule has 0 radical (unpaired) electrons. The van der Waals surface area contributed by atoms with Crippen LogP contribution in [0, 0.1) is 0 Å². The average molecular weight is 310 g/mol. The minimum Gasteiger partial charge on any atom is -0.492 e. The van der Waals surface area contributed by atoms with Crippen LogP contribution < -0.4 is 10.1 Å². The molecule has 0 saturated carbocycles. The number of hydrogen-bond acceptors (Lipinski definition) is 3. The molecule has 2 rings (SSSR count). The van der Waals surface area contributed by atoms with E-state index in [0.717, 1.165) is 22.6 Å². The number of fused-ring (bicyclic) bond motifs is 1. The highest BCUT2D eigenvalue weighted by Crippen LogP contribution is 2.26. The van der Waals surface area contributed by atoms with Gasteiger partial charge in [0.25, 0.3) is 0 Å². The number of para-hydroxylation sites is 1. The summed E-state index contributed by atoms with van der Waals surface area (Å²) in [6, 6.07) is 5.88. The molecule has 1 heterocycles. The molecule has 114 valence electrons. The first-order valence-electron chi connectivity index (χ1n) is 7.08. The van der Waals surface area contributed by atoms with Crippen molar-refractivity contribution < 1.29 is 9.53 Å². The molecule has 6 heteroatoms. The van der Waals surface area contributed by atoms with E-state index in [1.807, 2.05) is 25.1 Å². The molecule has 1 aromatic heterocycles. The Hall–Kier alpha value is -1.75. The molecule has 0 aliphatic heterocycles. The van der Waals surface area contributed by atoms with Crippen molar-refractivity contribution >= 4 is 28.5 Å². The Morgan fingerprint density at radius 2 is 2.29 bits per heavy atom. The summed E-state index contributed by atoms with van der Waals surface area (Å²) >= 11 is 5.87. The van der Waals surface area contributed by atoms with Gasteiger partial charge in [0.15, 0.2) is 0 Å². The van der Waals surface area contributed by atoms with Gasteiger partial charge in [0, 0.05) is 32.3 Å². The maximum absolute atomic E-state index is 11.0. The predicted molar refractivity (Wildman–Crippen MR) is 84.0 cm³/mol. The number of halogens is 1. The minimum absolute atomic E-state index is 0.0340. The van der Waals surface area contributed by atoms with Crippen molar-refractivity contribution in [3.8, 4) is 5.75 Å². The van der Waals surface area contributed by atoms with Crippen molar-refractivity contribution in [1.82, 2.24) is 14.9 Å². The van der Waals surface area contributed by atoms with E-state index in [0.29, 0.717) is 32.0 Å². The van der Waals surface area contributed by atoms with E-state index in [1.165, 1.54) is 6.92 Å². The Balaban J connectivity index is 2.37. The maximum atomic E-state index is 11.0. The van der Waals surface area contributed by atoms with Crippen LogP contribution in [0.1, 0.15) is 19.7 Å². The molecular formula is C15H20ClN3O2. The third-order valence-electron chi connectivity index (χ3n) is 3.15. The lowest BCUT2D eigenvalue weighted by atomic mass is 10.3. The predicted octanol–water partition coefficient (Wildman–Crippen LogP) is 2.35. The first-order valence-corrected chi connectivity index (χ1v) is 7.62. The third kappa shape index (κ3) is 3.67. The third-order valence-corrected chi connectivity index (χ3v) is 3.34. The molecule has 2 aromatic rings. The summed E-state index contributed by atoms with van der Waals surface area (Å²) < 4.78 is 7.72. The lowest BCUT2D eigenvalue weighted by Crippen LogP contribution is -2.25. The molecule has 21 heavy (non-hydrogen) atoms. The maximum Gasteiger partial charge on any atom is 0.216 e. The van der Waals surface area contributed by atoms with Crippen LogP contribution in [0.3, 0.4) is 0 Å². The van der Waals surface area contributed by atoms with E-state index in [2.05, 4.69) is 14.9 Å². The van der Waals surface area contributed by atoms with Gasteiger partial charge < -0.3 is 14.6 Å². The zero-order valence-electron chi connectivity index (χ0n) is 12.4. The summed E-state index contributed by atoms with van der Waals surface area (Å²) in [5.74, 6) is 2.17. The topological polar surface area (TPSA) is 56.1 Å². The molecule has 1 aromatic carbocycles. The second kappa shape index (κ2) is 7.31. The van der Waals surface area contributed by atoms with E-state index in [-0.39, 0.29) is 5.91 Å². The van der Waals surface area contributed by atoms with Gasteiger partial charge in [0.2, 0.25) is 5.91 Å². The molecule has 0 fully saturated rings. The summed E-state index contributed by atoms with van der Waals surface area (Å²) in [6.07, 6.45) is 0.682. The molecular weight excluding hydrogens is 290 g/mol. The van der Waals surface area contributed by atoms with Gasteiger partial charge in [-0.05, 0) is 19.1 Å². The molecule has 1 amide bonds. The number of nitrogens with one attached hydrogen (secondary N) is 1. The number of hydrogen-bond donors (Lipinski definition) is 1. The standard InChI is InChI=1S/C15H20ClN3O2/c1-3-21-13-6-4-5-12-15(13)18-14(7-8-16)19(12)10-9-17-11(2)20/h4-6H,3,7-10H2,1-2H3,(H,17,20). The Bertz CT molecular complexity index is 625. The molecule has 0 atom stereocenters. The van der Waals surface area contributed by atoms with Crippen LogP contribution in [0.5, 0.6) is 5.75 Å². The van der Waals surface area contributed by atoms with Crippen LogP contribution in [-0.2, 0) is 17.8 Å². The van der Waals surface area contributed by atoms with E-state index in [1.54, 1.807) is 0 Å². The van der Waals surface area contributed by atoms with Crippen LogP contribution >= 0.6 is 11.6 Å². The Morgan fingerprint density at radius 1 is 1.48 bits per heavy atom. The molecule has 0 aliphatic rings. The summed E-state index contributed by atoms with van der Waals surface area (Å²) in [5.41, 5.74) is 1.86. The molecule has 1 N–H and O–H groups in total. The van der Waals surface area contributed by atoms with Crippen LogP contribution in [0.25, 0.3) is 11.0 Å². The van der Waals surface area contributed by atoms with Gasteiger partial charge in [-0.2, -0.15) is 0 Å². The van der Waals surface area contributed by atoms with E-state index < -0.39 is 0 Å². The van der Waals surface area contributed by atoms with Crippen molar-refractivity contribution in [2.75, 3.05) is 19.0 Å². The highest BCUT2D eigenvalue weighted by atomic mass is 35.5. The highest BCUT2D eigenvalue weighted by molar-refractivity contribution is 6.17. The summed E-state index contributed by atoms with van der Waals surface area (Å²) in [5, 5.41) is 2.81. The fourth-order valence-corrected chi connectivity index (χ4v) is 2.48. The number of alkyl halides is 1. The lowest BCUT2D eigenvalue weighted by Gasteiger charge is -2.09. The van der Waals surface area contributed by atoms with E-state index in [4.69, 9.17) is 16.3 Å². The van der Waals surface area contributed by atoms with Crippen LogP contribution in [-0.4, -0.2) is 34.5 Å². The number of aromatic nitrogens is 2. The first kappa shape index (κ1) is 15.6. The quantitative estimate of drug-likeness (QED) is 0.799. The van der Waals surface area contributed by atoms with Crippen molar-refractivity contribution in [3.63, 3.8) is 0 Å². The summed E-state index contributed by atoms with van der Waals surface area (Å²) in [6.45, 7) is 5.29. The van der Waals surface area contributed by atoms with Crippen LogP contribution in [0.4, 0.5) is 0 Å². The number of imidazole rings is 1. The van der Waals surface area contributed by atoms with Crippen molar-refractivity contribution in [2.24, 2.45) is 0 Å². The first-order chi connectivity index (χ1) is 10.2. The van der Waals surface area contributed by atoms with Crippen LogP contribution in [0.15, 0.2) is 18.2 Å². The Morgan fingerprint density at radius 3 is 2.95 bits per heavy atom. The molecule has 5 nitrogen and oxygen atoms in total. The van der Waals surface area contributed by atoms with Crippen molar-refractivity contribution in [3.05, 3.63) is 24.0 Å². The van der Waals surface area contributed by atoms with Gasteiger partial charge in [-0.1, -0.05) is 6.07 Å². The number of nitrogens with zero attached hydrogens (tertiary/aromatic N) is 2. The van der Waals surface area contributed by atoms with Gasteiger partial charge in [-0.15, -0.1) is 11.6 Å². The Kier molecular flexibility index (Phi) is 5.44. The number of carbonyl (C=O) groups is 1. The molecule has 0 spiro atoms. The number of ether oxygens (including phenoxy) is 1. The normalized spacial score (nSPS) is 10.8. The zero-order chi connectivity index (χ0) is 15.2. The van der Waals surface area contributed by atoms with Gasteiger partial charge in [0.05, 0.1) is 12.1 Å². The fraction of sp³-hybridized carbons (Fsp3) is 0.467. The molecule has 0 saturated heterocycles. The van der Waals surface area contributed by atoms with Crippen molar-refractivity contribution in [2.45, 2.75) is 26.8 Å². The minimum atomic E-state index is -0.0340. The van der Waals surface area contributed by atoms with Gasteiger partial charge >= 0.3 is 0 Å². The number of amides is 1. The van der Waals surface area contributed by atoms with Crippen LogP contribution in [0.2, 0.25) is 0 Å². The smallest absolute Gasteiger partial charge is 0.216 e. The second-order valence-corrected chi connectivity index (χ2v) is 5.04. The van der Waals surface area contributed by atoms with Crippen molar-refractivity contribution in [1.29, 1.82) is 0 Å². The number of benzene rings is 1. The highest BCUT2D eigenvalue weighted by Gasteiger charge is 2.13. The average Bonchev–Trinajstić information content (AvgIpc) is 2.79. The number of rotatable bonds is 7. The monoisotopic (exact) mass is 309 g/mol. The van der Waals surface area contributed by atoms with E-state index >= 15 is 0 Å². The van der Waals surface area contributed by atoms with E-state index in [9.17, 15) is 4.79 Å². The van der Waals surface area contributed by atoms with Gasteiger partial charge in [-0.25, -0.2) is 4.98 Å². The molecule has 0 aliphatic carbocycles. The SMILES string of the molecule is CCOc1cccc2c1nc(CCCl)n2CCNC(C)=O. The number of carbonyl (C=O) groups excluding carboxylic acids is 1. The zero-order valence-corrected chi connectivity index (χ0v) is 13.1. The summed E-state index contributed by atoms with van der Waals surface area (Å²) in [7, 11) is 0. The molecule has 0 unspecified atom stereocenters. The second-order valence-electron chi connectivity index (χ2n) is 4.66. The van der Waals surface area contributed by atoms with Gasteiger partial charge in [-0.3, -0.25) is 4.79 Å². The largest absolute Gasteiger partial charge is 0.492 e. The fourth-order valence-electron chi connectivity index (χ4n) is 2.31. The van der Waals surface area contributed by atoms with Gasteiger partial charge in [0.1, 0.15) is 17.1 Å². The summed E-state index contributed by atoms with van der Waals surface area (Å²) in [4.78, 5) is 15.7.